The molecule has 0 aliphatic rings. The molecule has 0 bridgehead atoms. The Hall–Kier alpha value is -2.85. The topological polar surface area (TPSA) is 55.0 Å². The predicted octanol–water partition coefficient (Wildman–Crippen LogP) is 4.76. The lowest BCUT2D eigenvalue weighted by Gasteiger charge is -2.09. The summed E-state index contributed by atoms with van der Waals surface area (Å²) >= 11 is 6.26. The first-order chi connectivity index (χ1) is 11.7. The van der Waals surface area contributed by atoms with Crippen molar-refractivity contribution < 1.29 is 9.53 Å². The maximum absolute atomic E-state index is 11.1. The first-order valence-electron chi connectivity index (χ1n) is 7.48. The molecule has 118 valence electrons. The Morgan fingerprint density at radius 1 is 1.17 bits per heavy atom. The minimum absolute atomic E-state index is 0.302. The van der Waals surface area contributed by atoms with Gasteiger partial charge in [0.1, 0.15) is 12.4 Å². The maximum Gasteiger partial charge on any atom is 0.152 e. The number of carbonyl (C=O) groups is 1. The SMILES string of the molecule is O=Cc1c[nH]c2cc(Cl)c(OCc3ccc4ccccc4n3)cc12. The van der Waals surface area contributed by atoms with Crippen molar-refractivity contribution in [3.05, 3.63) is 71.0 Å². The number of nitrogens with one attached hydrogen (secondary N) is 1. The fourth-order valence-electron chi connectivity index (χ4n) is 2.69. The number of aromatic amines is 1. The van der Waals surface area contributed by atoms with E-state index in [9.17, 15) is 4.79 Å². The van der Waals surface area contributed by atoms with Crippen LogP contribution < -0.4 is 4.74 Å². The Labute approximate surface area is 143 Å². The minimum Gasteiger partial charge on any atom is -0.486 e. The molecule has 0 radical (unpaired) electrons. The second-order valence-corrected chi connectivity index (χ2v) is 5.88. The summed E-state index contributed by atoms with van der Waals surface area (Å²) in [5.41, 5.74) is 3.12. The highest BCUT2D eigenvalue weighted by Crippen LogP contribution is 2.31. The Kier molecular flexibility index (Phi) is 3.67. The monoisotopic (exact) mass is 336 g/mol. The summed E-state index contributed by atoms with van der Waals surface area (Å²) in [5, 5.41) is 2.36. The molecule has 4 aromatic rings. The van der Waals surface area contributed by atoms with Gasteiger partial charge in [-0.2, -0.15) is 0 Å². The Morgan fingerprint density at radius 3 is 2.92 bits per heavy atom. The van der Waals surface area contributed by atoms with E-state index in [1.165, 1.54) is 0 Å². The van der Waals surface area contributed by atoms with Gasteiger partial charge in [0.25, 0.3) is 0 Å². The number of benzene rings is 2. The van der Waals surface area contributed by atoms with E-state index in [-0.39, 0.29) is 0 Å². The van der Waals surface area contributed by atoms with Gasteiger partial charge in [-0.1, -0.05) is 35.9 Å². The summed E-state index contributed by atoms with van der Waals surface area (Å²) in [6, 6.07) is 15.4. The van der Waals surface area contributed by atoms with E-state index in [4.69, 9.17) is 16.3 Å². The van der Waals surface area contributed by atoms with E-state index in [2.05, 4.69) is 9.97 Å². The number of H-pyrrole nitrogens is 1. The van der Waals surface area contributed by atoms with Crippen molar-refractivity contribution in [2.45, 2.75) is 6.61 Å². The van der Waals surface area contributed by atoms with E-state index in [1.54, 1.807) is 18.3 Å². The van der Waals surface area contributed by atoms with Crippen molar-refractivity contribution in [2.24, 2.45) is 0 Å². The quantitative estimate of drug-likeness (QED) is 0.546. The van der Waals surface area contributed by atoms with E-state index < -0.39 is 0 Å². The molecular formula is C19H13ClN2O2. The number of carbonyl (C=O) groups excluding carboxylic acids is 1. The third-order valence-electron chi connectivity index (χ3n) is 3.92. The van der Waals surface area contributed by atoms with Crippen molar-refractivity contribution in [1.29, 1.82) is 0 Å². The van der Waals surface area contributed by atoms with Crippen molar-refractivity contribution in [3.8, 4) is 5.75 Å². The lowest BCUT2D eigenvalue weighted by molar-refractivity contribution is 0.112. The van der Waals surface area contributed by atoms with Gasteiger partial charge >= 0.3 is 0 Å². The zero-order chi connectivity index (χ0) is 16.5. The van der Waals surface area contributed by atoms with E-state index in [0.29, 0.717) is 22.9 Å². The zero-order valence-corrected chi connectivity index (χ0v) is 13.4. The minimum atomic E-state index is 0.302. The third kappa shape index (κ3) is 2.61. The molecule has 2 heterocycles. The summed E-state index contributed by atoms with van der Waals surface area (Å²) in [5.74, 6) is 0.529. The van der Waals surface area contributed by atoms with Gasteiger partial charge in [0.15, 0.2) is 6.29 Å². The van der Waals surface area contributed by atoms with Gasteiger partial charge in [0, 0.05) is 28.0 Å². The first kappa shape index (κ1) is 14.7. The van der Waals surface area contributed by atoms with Crippen molar-refractivity contribution in [1.82, 2.24) is 9.97 Å². The second kappa shape index (κ2) is 5.98. The second-order valence-electron chi connectivity index (χ2n) is 5.47. The number of para-hydroxylation sites is 1. The van der Waals surface area contributed by atoms with Crippen LogP contribution in [-0.4, -0.2) is 16.3 Å². The van der Waals surface area contributed by atoms with Gasteiger partial charge in [-0.25, -0.2) is 4.98 Å². The average Bonchev–Trinajstić information content (AvgIpc) is 3.01. The molecule has 0 aliphatic carbocycles. The highest BCUT2D eigenvalue weighted by molar-refractivity contribution is 6.33. The number of rotatable bonds is 4. The summed E-state index contributed by atoms with van der Waals surface area (Å²) in [6.45, 7) is 0.302. The van der Waals surface area contributed by atoms with Crippen LogP contribution in [0, 0.1) is 0 Å². The van der Waals surface area contributed by atoms with Crippen LogP contribution in [0.1, 0.15) is 16.1 Å². The fourth-order valence-corrected chi connectivity index (χ4v) is 2.91. The number of pyridine rings is 1. The molecule has 0 aliphatic heterocycles. The van der Waals surface area contributed by atoms with Gasteiger partial charge in [-0.15, -0.1) is 0 Å². The number of halogens is 1. The molecular weight excluding hydrogens is 324 g/mol. The molecule has 4 nitrogen and oxygen atoms in total. The molecule has 0 saturated heterocycles. The van der Waals surface area contributed by atoms with Crippen LogP contribution in [0.2, 0.25) is 5.02 Å². The molecule has 0 unspecified atom stereocenters. The normalized spacial score (nSPS) is 11.0. The van der Waals surface area contributed by atoms with Gasteiger partial charge in [-0.3, -0.25) is 4.79 Å². The number of aromatic nitrogens is 2. The molecule has 0 atom stereocenters. The first-order valence-corrected chi connectivity index (χ1v) is 7.85. The molecule has 2 aromatic carbocycles. The molecule has 0 saturated carbocycles. The molecule has 4 rings (SSSR count). The van der Waals surface area contributed by atoms with Crippen LogP contribution in [0.15, 0.2) is 54.7 Å². The Balaban J connectivity index is 1.63. The summed E-state index contributed by atoms with van der Waals surface area (Å²) < 4.78 is 5.82. The van der Waals surface area contributed by atoms with Crippen LogP contribution in [-0.2, 0) is 6.61 Å². The standard InChI is InChI=1S/C19H13ClN2O2/c20-16-8-18-15(13(10-23)9-21-18)7-19(16)24-11-14-6-5-12-3-1-2-4-17(12)22-14/h1-10,21H,11H2. The molecule has 24 heavy (non-hydrogen) atoms. The van der Waals surface area contributed by atoms with Crippen molar-refractivity contribution >= 4 is 39.7 Å². The molecule has 2 aromatic heterocycles. The Bertz CT molecular complexity index is 1060. The average molecular weight is 337 g/mol. The van der Waals surface area contributed by atoms with Crippen LogP contribution in [0.25, 0.3) is 21.8 Å². The third-order valence-corrected chi connectivity index (χ3v) is 4.22. The lowest BCUT2D eigenvalue weighted by Crippen LogP contribution is -1.99. The van der Waals surface area contributed by atoms with Crippen molar-refractivity contribution in [3.63, 3.8) is 0 Å². The number of nitrogens with zero attached hydrogens (tertiary/aromatic N) is 1. The van der Waals surface area contributed by atoms with Crippen LogP contribution in [0.3, 0.4) is 0 Å². The van der Waals surface area contributed by atoms with Gasteiger partial charge in [0.2, 0.25) is 0 Å². The number of hydrogen-bond donors (Lipinski definition) is 1. The lowest BCUT2D eigenvalue weighted by atomic mass is 10.2. The zero-order valence-electron chi connectivity index (χ0n) is 12.6. The highest BCUT2D eigenvalue weighted by atomic mass is 35.5. The molecule has 0 fully saturated rings. The van der Waals surface area contributed by atoms with Crippen LogP contribution in [0.5, 0.6) is 5.75 Å². The highest BCUT2D eigenvalue weighted by Gasteiger charge is 2.10. The summed E-state index contributed by atoms with van der Waals surface area (Å²) in [6.07, 6.45) is 2.46. The maximum atomic E-state index is 11.1. The number of fused-ring (bicyclic) bond motifs is 2. The number of hydrogen-bond acceptors (Lipinski definition) is 3. The van der Waals surface area contributed by atoms with Crippen molar-refractivity contribution in [2.75, 3.05) is 0 Å². The smallest absolute Gasteiger partial charge is 0.152 e. The molecule has 5 heteroatoms. The van der Waals surface area contributed by atoms with Gasteiger partial charge < -0.3 is 9.72 Å². The van der Waals surface area contributed by atoms with E-state index in [1.807, 2.05) is 36.4 Å². The largest absolute Gasteiger partial charge is 0.486 e. The van der Waals surface area contributed by atoms with E-state index >= 15 is 0 Å². The van der Waals surface area contributed by atoms with Gasteiger partial charge in [-0.05, 0) is 24.3 Å². The van der Waals surface area contributed by atoms with E-state index in [0.717, 1.165) is 33.8 Å². The van der Waals surface area contributed by atoms with Crippen LogP contribution in [0.4, 0.5) is 0 Å². The molecule has 0 amide bonds. The predicted molar refractivity (Wildman–Crippen MR) is 94.8 cm³/mol. The molecule has 1 N–H and O–H groups in total. The number of aldehydes is 1. The van der Waals surface area contributed by atoms with Crippen LogP contribution >= 0.6 is 11.6 Å². The van der Waals surface area contributed by atoms with Gasteiger partial charge in [0.05, 0.1) is 16.2 Å². The summed E-state index contributed by atoms with van der Waals surface area (Å²) in [4.78, 5) is 18.7. The Morgan fingerprint density at radius 2 is 2.04 bits per heavy atom. The molecule has 0 spiro atoms. The summed E-state index contributed by atoms with van der Waals surface area (Å²) in [7, 11) is 0. The fraction of sp³-hybridized carbons (Fsp3) is 0.0526. The number of ether oxygens (including phenoxy) is 1.